The molecule has 0 fully saturated rings. The smallest absolute Gasteiger partial charge is 0.258 e. The van der Waals surface area contributed by atoms with Crippen LogP contribution in [0.4, 0.5) is 5.82 Å². The minimum Gasteiger partial charge on any atom is -0.484 e. The molecule has 0 saturated carbocycles. The van der Waals surface area contributed by atoms with E-state index in [2.05, 4.69) is 15.7 Å². The Labute approximate surface area is 141 Å². The molecule has 1 aromatic heterocycles. The predicted molar refractivity (Wildman–Crippen MR) is 90.5 cm³/mol. The van der Waals surface area contributed by atoms with E-state index in [1.807, 2.05) is 32.0 Å². The van der Waals surface area contributed by atoms with Crippen LogP contribution in [-0.4, -0.2) is 34.2 Å². The number of hydrogen-bond acceptors (Lipinski definition) is 4. The molecule has 2 rings (SSSR count). The number of nitrogens with zero attached hydrogens (tertiary/aromatic N) is 2. The zero-order chi connectivity index (χ0) is 17.5. The summed E-state index contributed by atoms with van der Waals surface area (Å²) in [5.41, 5.74) is 0. The highest BCUT2D eigenvalue weighted by atomic mass is 16.5. The van der Waals surface area contributed by atoms with Gasteiger partial charge in [0.25, 0.3) is 5.91 Å². The van der Waals surface area contributed by atoms with Gasteiger partial charge in [-0.3, -0.25) is 14.3 Å². The van der Waals surface area contributed by atoms with Crippen LogP contribution in [0.3, 0.4) is 0 Å². The summed E-state index contributed by atoms with van der Waals surface area (Å²) in [4.78, 5) is 24.4. The van der Waals surface area contributed by atoms with Gasteiger partial charge in [0.05, 0.1) is 0 Å². The number of aryl methyl sites for hydroxylation is 1. The van der Waals surface area contributed by atoms with Gasteiger partial charge >= 0.3 is 0 Å². The van der Waals surface area contributed by atoms with Gasteiger partial charge in [-0.25, -0.2) is 0 Å². The van der Waals surface area contributed by atoms with E-state index in [9.17, 15) is 9.59 Å². The molecule has 1 heterocycles. The van der Waals surface area contributed by atoms with Crippen molar-refractivity contribution in [2.45, 2.75) is 19.9 Å². The van der Waals surface area contributed by atoms with Gasteiger partial charge < -0.3 is 15.4 Å². The molecule has 0 bridgehead atoms. The Kier molecular flexibility index (Phi) is 5.95. The van der Waals surface area contributed by atoms with Crippen LogP contribution in [0.25, 0.3) is 0 Å². The highest BCUT2D eigenvalue weighted by Crippen LogP contribution is 2.09. The molecule has 0 saturated heterocycles. The highest BCUT2D eigenvalue weighted by Gasteiger charge is 2.24. The number of para-hydroxylation sites is 1. The van der Waals surface area contributed by atoms with Crippen LogP contribution in [0.2, 0.25) is 0 Å². The maximum atomic E-state index is 12.4. The van der Waals surface area contributed by atoms with E-state index in [0.717, 1.165) is 0 Å². The van der Waals surface area contributed by atoms with Crippen LogP contribution in [0.1, 0.15) is 13.8 Å². The van der Waals surface area contributed by atoms with Gasteiger partial charge in [-0.1, -0.05) is 32.0 Å². The third-order valence-corrected chi connectivity index (χ3v) is 3.34. The number of carbonyl (C=O) groups is 2. The van der Waals surface area contributed by atoms with Crippen LogP contribution in [0.15, 0.2) is 42.6 Å². The zero-order valence-corrected chi connectivity index (χ0v) is 14.0. The predicted octanol–water partition coefficient (Wildman–Crippen LogP) is 1.58. The summed E-state index contributed by atoms with van der Waals surface area (Å²) >= 11 is 0. The minimum absolute atomic E-state index is 0.0746. The number of ether oxygens (including phenoxy) is 1. The quantitative estimate of drug-likeness (QED) is 0.807. The molecule has 0 aliphatic heterocycles. The van der Waals surface area contributed by atoms with Crippen molar-refractivity contribution in [2.75, 3.05) is 11.9 Å². The largest absolute Gasteiger partial charge is 0.484 e. The van der Waals surface area contributed by atoms with Crippen molar-refractivity contribution in [3.8, 4) is 5.75 Å². The van der Waals surface area contributed by atoms with E-state index in [0.29, 0.717) is 11.6 Å². The van der Waals surface area contributed by atoms with Crippen molar-refractivity contribution in [1.82, 2.24) is 15.1 Å². The zero-order valence-electron chi connectivity index (χ0n) is 14.0. The first-order valence-corrected chi connectivity index (χ1v) is 7.73. The van der Waals surface area contributed by atoms with E-state index in [4.69, 9.17) is 4.74 Å². The van der Waals surface area contributed by atoms with Crippen molar-refractivity contribution in [3.63, 3.8) is 0 Å². The topological polar surface area (TPSA) is 85.2 Å². The van der Waals surface area contributed by atoms with Crippen LogP contribution >= 0.6 is 0 Å². The summed E-state index contributed by atoms with van der Waals surface area (Å²) in [7, 11) is 1.76. The molecule has 128 valence electrons. The molecule has 0 spiro atoms. The molecule has 2 N–H and O–H groups in total. The van der Waals surface area contributed by atoms with E-state index in [1.165, 1.54) is 0 Å². The first-order valence-electron chi connectivity index (χ1n) is 7.73. The molecule has 0 radical (unpaired) electrons. The van der Waals surface area contributed by atoms with E-state index >= 15 is 0 Å². The van der Waals surface area contributed by atoms with Crippen LogP contribution in [0, 0.1) is 5.92 Å². The Balaban J connectivity index is 1.89. The van der Waals surface area contributed by atoms with Crippen LogP contribution in [0.5, 0.6) is 5.75 Å². The Morgan fingerprint density at radius 2 is 1.92 bits per heavy atom. The fourth-order valence-electron chi connectivity index (χ4n) is 2.10. The lowest BCUT2D eigenvalue weighted by molar-refractivity contribution is -0.128. The van der Waals surface area contributed by atoms with Gasteiger partial charge in [0.1, 0.15) is 11.8 Å². The Bertz CT molecular complexity index is 682. The number of anilines is 1. The molecule has 2 amide bonds. The third kappa shape index (κ3) is 5.12. The molecular weight excluding hydrogens is 308 g/mol. The summed E-state index contributed by atoms with van der Waals surface area (Å²) in [6, 6.07) is 10.1. The van der Waals surface area contributed by atoms with E-state index < -0.39 is 6.04 Å². The lowest BCUT2D eigenvalue weighted by atomic mass is 10.0. The van der Waals surface area contributed by atoms with Gasteiger partial charge in [-0.15, -0.1) is 0 Å². The molecule has 24 heavy (non-hydrogen) atoms. The molecule has 0 aliphatic rings. The standard InChI is InChI=1S/C17H22N4O3/c1-12(2)16(17(23)18-14-9-10-21(3)20-14)19-15(22)11-24-13-7-5-4-6-8-13/h4-10,12,16H,11H2,1-3H3,(H,19,22)(H,18,20,23). The molecule has 7 heteroatoms. The Hall–Kier alpha value is -2.83. The summed E-state index contributed by atoms with van der Waals surface area (Å²) in [5, 5.41) is 9.49. The first kappa shape index (κ1) is 17.5. The molecular formula is C17H22N4O3. The molecule has 1 unspecified atom stereocenters. The van der Waals surface area contributed by atoms with E-state index in [-0.39, 0.29) is 24.3 Å². The molecule has 0 aliphatic carbocycles. The van der Waals surface area contributed by atoms with Crippen molar-refractivity contribution in [1.29, 1.82) is 0 Å². The lowest BCUT2D eigenvalue weighted by Crippen LogP contribution is -2.48. The molecule has 1 atom stereocenters. The normalized spacial score (nSPS) is 11.8. The average Bonchev–Trinajstić information content (AvgIpc) is 2.96. The van der Waals surface area contributed by atoms with Gasteiger partial charge in [0.15, 0.2) is 12.4 Å². The maximum Gasteiger partial charge on any atom is 0.258 e. The second kappa shape index (κ2) is 8.14. The molecule has 1 aromatic carbocycles. The third-order valence-electron chi connectivity index (χ3n) is 3.34. The van der Waals surface area contributed by atoms with Crippen LogP contribution < -0.4 is 15.4 Å². The second-order valence-electron chi connectivity index (χ2n) is 5.75. The van der Waals surface area contributed by atoms with Crippen molar-refractivity contribution >= 4 is 17.6 Å². The molecule has 7 nitrogen and oxygen atoms in total. The number of rotatable bonds is 7. The number of aromatic nitrogens is 2. The van der Waals surface area contributed by atoms with Crippen molar-refractivity contribution in [3.05, 3.63) is 42.6 Å². The number of benzene rings is 1. The fourth-order valence-corrected chi connectivity index (χ4v) is 2.10. The summed E-state index contributed by atoms with van der Waals surface area (Å²) < 4.78 is 6.98. The summed E-state index contributed by atoms with van der Waals surface area (Å²) in [5.74, 6) is 0.314. The average molecular weight is 330 g/mol. The fraction of sp³-hybridized carbons (Fsp3) is 0.353. The monoisotopic (exact) mass is 330 g/mol. The van der Waals surface area contributed by atoms with Crippen molar-refractivity contribution in [2.24, 2.45) is 13.0 Å². The summed E-state index contributed by atoms with van der Waals surface area (Å²) in [6.07, 6.45) is 1.73. The van der Waals surface area contributed by atoms with Gasteiger partial charge in [0, 0.05) is 19.3 Å². The number of hydrogen-bond donors (Lipinski definition) is 2. The summed E-state index contributed by atoms with van der Waals surface area (Å²) in [6.45, 7) is 3.58. The molecule has 2 aromatic rings. The highest BCUT2D eigenvalue weighted by molar-refractivity contribution is 5.96. The Morgan fingerprint density at radius 1 is 1.21 bits per heavy atom. The van der Waals surface area contributed by atoms with Crippen molar-refractivity contribution < 1.29 is 14.3 Å². The lowest BCUT2D eigenvalue weighted by Gasteiger charge is -2.21. The van der Waals surface area contributed by atoms with Crippen LogP contribution in [-0.2, 0) is 16.6 Å². The van der Waals surface area contributed by atoms with E-state index in [1.54, 1.807) is 36.1 Å². The van der Waals surface area contributed by atoms with Gasteiger partial charge in [0.2, 0.25) is 5.91 Å². The maximum absolute atomic E-state index is 12.4. The number of amides is 2. The number of nitrogens with one attached hydrogen (secondary N) is 2. The van der Waals surface area contributed by atoms with Gasteiger partial charge in [-0.05, 0) is 18.1 Å². The minimum atomic E-state index is -0.668. The Morgan fingerprint density at radius 3 is 2.50 bits per heavy atom. The van der Waals surface area contributed by atoms with Gasteiger partial charge in [-0.2, -0.15) is 5.10 Å². The second-order valence-corrected chi connectivity index (χ2v) is 5.75. The number of carbonyl (C=O) groups excluding carboxylic acids is 2. The first-order chi connectivity index (χ1) is 11.5. The SMILES string of the molecule is CC(C)C(NC(=O)COc1ccccc1)C(=O)Nc1ccn(C)n1.